The van der Waals surface area contributed by atoms with Crippen LogP contribution in [0.2, 0.25) is 0 Å². The smallest absolute Gasteiger partial charge is 0.315 e. The fourth-order valence-electron chi connectivity index (χ4n) is 16.2. The number of hydrogen-bond acceptors (Lipinski definition) is 22. The lowest BCUT2D eigenvalue weighted by molar-refractivity contribution is -0.365. The maximum atomic E-state index is 15.3. The minimum atomic E-state index is -1.88. The molecule has 22 heteroatoms. The van der Waals surface area contributed by atoms with E-state index in [1.165, 1.54) is 12.5 Å². The number of carbonyl (C=O) groups excluding carboxylic acids is 1. The van der Waals surface area contributed by atoms with Gasteiger partial charge in [0.25, 0.3) is 0 Å². The first-order valence-corrected chi connectivity index (χ1v) is 27.3. The maximum Gasteiger partial charge on any atom is 0.315 e. The van der Waals surface area contributed by atoms with Crippen LogP contribution in [0.3, 0.4) is 0 Å². The molecule has 4 aliphatic heterocycles. The van der Waals surface area contributed by atoms with Crippen molar-refractivity contribution in [3.8, 4) is 0 Å². The molecular formula is C53H86O22. The van der Waals surface area contributed by atoms with Gasteiger partial charge in [-0.05, 0) is 111 Å². The second kappa shape index (κ2) is 21.1. The summed E-state index contributed by atoms with van der Waals surface area (Å²) in [6, 6.07) is 0. The number of aliphatic hydroxyl groups is 13. The molecule has 0 aromatic carbocycles. The number of ether oxygens (including phenoxy) is 8. The molecule has 5 aliphatic carbocycles. The SMILES string of the molecule is C[C@@H]1O[C@@H](O[C@H]2[C@H](O[C@H]3CC[C@@]4(C)[C@@H](CC[C@]5(C)[C@@H]4CC=C4[C@@H]6CC(C)(C)CC[C@]6(C(=O)O[C@@H]6O[C@H](CO)[C@@H](O)[C@H](O)[C@H]6O[C@@H]6O[C@H](CO)[C@@H](O)[C@H](O)[C@H]6O)CC[C@]45C)[C@]3(C)CO)OC[C@H](O)[C@@H]2O)[C@H](O)[C@H](O)[C@H]1O. The topological polar surface area (TPSA) is 354 Å². The van der Waals surface area contributed by atoms with Gasteiger partial charge in [-0.1, -0.05) is 53.2 Å². The zero-order valence-corrected chi connectivity index (χ0v) is 44.2. The van der Waals surface area contributed by atoms with E-state index in [1.807, 2.05) is 6.92 Å². The minimum absolute atomic E-state index is 0.0543. The van der Waals surface area contributed by atoms with E-state index in [2.05, 4.69) is 40.7 Å². The molecule has 0 bridgehead atoms. The molecule has 8 fully saturated rings. The molecule has 0 unspecified atom stereocenters. The predicted molar refractivity (Wildman–Crippen MR) is 257 cm³/mol. The molecule has 4 saturated heterocycles. The molecule has 4 heterocycles. The molecule has 28 atom stereocenters. The number of aliphatic hydroxyl groups excluding tert-OH is 13. The summed E-state index contributed by atoms with van der Waals surface area (Å²) in [5.41, 5.74) is -1.85. The summed E-state index contributed by atoms with van der Waals surface area (Å²) < 4.78 is 48.2. The quantitative estimate of drug-likeness (QED) is 0.0643. The molecule has 9 aliphatic rings. The summed E-state index contributed by atoms with van der Waals surface area (Å²) in [6.45, 7) is 12.9. The number of carbonyl (C=O) groups is 1. The van der Waals surface area contributed by atoms with Gasteiger partial charge in [0, 0.05) is 5.41 Å². The molecule has 4 saturated carbocycles. The van der Waals surface area contributed by atoms with Crippen molar-refractivity contribution in [3.63, 3.8) is 0 Å². The lowest BCUT2D eigenvalue weighted by Gasteiger charge is -2.71. The van der Waals surface area contributed by atoms with Crippen LogP contribution in [0.1, 0.15) is 113 Å². The third-order valence-electron chi connectivity index (χ3n) is 21.1. The average molecular weight is 1080 g/mol. The molecule has 0 amide bonds. The fraction of sp³-hybridized carbons (Fsp3) is 0.943. The molecule has 9 rings (SSSR count). The third kappa shape index (κ3) is 9.40. The number of allylic oxidation sites excluding steroid dienone is 2. The van der Waals surface area contributed by atoms with Crippen LogP contribution in [0.15, 0.2) is 11.6 Å². The van der Waals surface area contributed by atoms with Crippen LogP contribution in [0.4, 0.5) is 0 Å². The van der Waals surface area contributed by atoms with E-state index < -0.39 is 158 Å². The molecule has 0 spiro atoms. The normalized spacial score (nSPS) is 54.8. The molecule has 430 valence electrons. The van der Waals surface area contributed by atoms with E-state index in [4.69, 9.17) is 37.9 Å². The Morgan fingerprint density at radius 1 is 0.613 bits per heavy atom. The highest BCUT2D eigenvalue weighted by Gasteiger charge is 2.71. The molecule has 22 nitrogen and oxygen atoms in total. The zero-order chi connectivity index (χ0) is 54.7. The number of hydrogen-bond donors (Lipinski definition) is 13. The van der Waals surface area contributed by atoms with Gasteiger partial charge in [0.1, 0.15) is 79.4 Å². The summed E-state index contributed by atoms with van der Waals surface area (Å²) in [5, 5.41) is 139. The van der Waals surface area contributed by atoms with Gasteiger partial charge in [-0.15, -0.1) is 0 Å². The standard InChI is InChI=1S/C53H86O22/c1-23-32(58)36(62)39(65)43(69-23)73-41-33(59)26(57)21-68-45(41)72-31-11-12-49(4)29(50(31,5)22-56)10-13-52(7)30(49)9-8-24-25-18-48(2,3)14-16-53(25,17-15-51(24,52)6)47(67)75-46-42(38(64)35(61)28(20-55)71-46)74-44-40(66)37(63)34(60)27(19-54)70-44/h8,23,25-46,54-66H,9-22H2,1-7H3/t23-,25-,26-,27+,28+,29+,30+,31-,32-,33-,34+,35+,36+,37-,38-,39+,40+,41+,42+,43-,44-,45-,46-,49-,50-,51+,52+,53-/m0/s1. The van der Waals surface area contributed by atoms with E-state index in [-0.39, 0.29) is 47.2 Å². The van der Waals surface area contributed by atoms with Crippen molar-refractivity contribution in [2.45, 2.75) is 235 Å². The van der Waals surface area contributed by atoms with Gasteiger partial charge in [-0.3, -0.25) is 4.79 Å². The second-order valence-corrected chi connectivity index (χ2v) is 25.7. The van der Waals surface area contributed by atoms with E-state index >= 15 is 4.79 Å². The Morgan fingerprint density at radius 3 is 1.84 bits per heavy atom. The van der Waals surface area contributed by atoms with Crippen molar-refractivity contribution in [3.05, 3.63) is 11.6 Å². The van der Waals surface area contributed by atoms with Crippen LogP contribution >= 0.6 is 0 Å². The summed E-state index contributed by atoms with van der Waals surface area (Å²) in [5.74, 6) is -0.811. The van der Waals surface area contributed by atoms with Crippen molar-refractivity contribution >= 4 is 5.97 Å². The highest BCUT2D eigenvalue weighted by atomic mass is 16.8. The third-order valence-corrected chi connectivity index (χ3v) is 21.1. The van der Waals surface area contributed by atoms with Gasteiger partial charge >= 0.3 is 5.97 Å². The highest BCUT2D eigenvalue weighted by molar-refractivity contribution is 5.79. The molecule has 13 N–H and O–H groups in total. The van der Waals surface area contributed by atoms with Gasteiger partial charge in [-0.25, -0.2) is 0 Å². The van der Waals surface area contributed by atoms with Crippen LogP contribution in [0, 0.1) is 50.2 Å². The Labute approximate surface area is 437 Å². The Morgan fingerprint density at radius 2 is 1.20 bits per heavy atom. The summed E-state index contributed by atoms with van der Waals surface area (Å²) in [7, 11) is 0. The van der Waals surface area contributed by atoms with Gasteiger partial charge in [-0.2, -0.15) is 0 Å². The summed E-state index contributed by atoms with van der Waals surface area (Å²) in [6.07, 6.45) is -21.5. The molecule has 75 heavy (non-hydrogen) atoms. The van der Waals surface area contributed by atoms with Crippen LogP contribution < -0.4 is 0 Å². The fourth-order valence-corrected chi connectivity index (χ4v) is 16.2. The summed E-state index contributed by atoms with van der Waals surface area (Å²) in [4.78, 5) is 15.3. The Balaban J connectivity index is 0.969. The van der Waals surface area contributed by atoms with Crippen molar-refractivity contribution in [2.24, 2.45) is 50.2 Å². The lowest BCUT2D eigenvalue weighted by atomic mass is 9.33. The van der Waals surface area contributed by atoms with Crippen molar-refractivity contribution in [2.75, 3.05) is 26.4 Å². The van der Waals surface area contributed by atoms with Gasteiger partial charge < -0.3 is 104 Å². The lowest BCUT2D eigenvalue weighted by Crippen LogP contribution is -2.67. The van der Waals surface area contributed by atoms with E-state index in [1.54, 1.807) is 0 Å². The number of esters is 1. The van der Waals surface area contributed by atoms with E-state index in [0.717, 1.165) is 12.8 Å². The van der Waals surface area contributed by atoms with Crippen LogP contribution in [-0.2, 0) is 42.7 Å². The van der Waals surface area contributed by atoms with Crippen molar-refractivity contribution in [1.82, 2.24) is 0 Å². The largest absolute Gasteiger partial charge is 0.432 e. The van der Waals surface area contributed by atoms with Gasteiger partial charge in [0.2, 0.25) is 6.29 Å². The van der Waals surface area contributed by atoms with Crippen molar-refractivity contribution in [1.29, 1.82) is 0 Å². The van der Waals surface area contributed by atoms with E-state index in [9.17, 15) is 66.4 Å². The molecular weight excluding hydrogens is 989 g/mol. The first-order chi connectivity index (χ1) is 35.2. The Hall–Kier alpha value is -1.59. The van der Waals surface area contributed by atoms with Crippen LogP contribution in [-0.4, -0.2) is 222 Å². The average Bonchev–Trinajstić information content (AvgIpc) is 3.37. The number of rotatable bonds is 11. The Bertz CT molecular complexity index is 2060. The molecule has 0 radical (unpaired) electrons. The first-order valence-electron chi connectivity index (χ1n) is 27.3. The Kier molecular flexibility index (Phi) is 16.3. The van der Waals surface area contributed by atoms with E-state index in [0.29, 0.717) is 51.4 Å². The minimum Gasteiger partial charge on any atom is -0.432 e. The highest BCUT2D eigenvalue weighted by Crippen LogP contribution is 2.76. The van der Waals surface area contributed by atoms with Crippen LogP contribution in [0.5, 0.6) is 0 Å². The van der Waals surface area contributed by atoms with Crippen molar-refractivity contribution < 1.29 is 109 Å². The second-order valence-electron chi connectivity index (χ2n) is 25.7. The predicted octanol–water partition coefficient (Wildman–Crippen LogP) is -1.40. The molecule has 0 aromatic rings. The summed E-state index contributed by atoms with van der Waals surface area (Å²) >= 11 is 0. The first kappa shape index (κ1) is 58.1. The maximum absolute atomic E-state index is 15.3. The van der Waals surface area contributed by atoms with Gasteiger partial charge in [0.05, 0.1) is 44.1 Å². The van der Waals surface area contributed by atoms with Gasteiger partial charge in [0.15, 0.2) is 25.0 Å². The number of fused-ring (bicyclic) bond motifs is 7. The van der Waals surface area contributed by atoms with Crippen LogP contribution in [0.25, 0.3) is 0 Å². The monoisotopic (exact) mass is 1070 g/mol. The zero-order valence-electron chi connectivity index (χ0n) is 44.2. The molecule has 0 aromatic heterocycles.